The van der Waals surface area contributed by atoms with Crippen LogP contribution in [-0.4, -0.2) is 7.11 Å². The van der Waals surface area contributed by atoms with Crippen molar-refractivity contribution in [3.05, 3.63) is 84.4 Å². The van der Waals surface area contributed by atoms with Gasteiger partial charge in [0.05, 0.1) is 12.7 Å². The Bertz CT molecular complexity index is 830. The molecule has 1 unspecified atom stereocenters. The predicted octanol–water partition coefficient (Wildman–Crippen LogP) is 6.19. The first kappa shape index (κ1) is 17.4. The van der Waals surface area contributed by atoms with E-state index in [1.807, 2.05) is 54.6 Å². The maximum Gasteiger partial charge on any atom is 0.416 e. The van der Waals surface area contributed by atoms with Gasteiger partial charge >= 0.3 is 6.18 Å². The lowest BCUT2D eigenvalue weighted by atomic mass is 10.2. The first-order valence-corrected chi connectivity index (χ1v) is 9.00. The fourth-order valence-electron chi connectivity index (χ4n) is 2.57. The zero-order valence-electron chi connectivity index (χ0n) is 13.5. The Morgan fingerprint density at radius 1 is 0.720 bits per heavy atom. The standard InChI is InChI=1S/C20H17F3OS/c1-24-16-6-5-9-19(14-16)25(17-7-3-2-4-8-17)18-12-10-15(11-13-18)20(21,22)23/h2-14,25H,1H3. The Morgan fingerprint density at radius 3 is 1.92 bits per heavy atom. The molecule has 3 aromatic carbocycles. The molecule has 3 aromatic rings. The summed E-state index contributed by atoms with van der Waals surface area (Å²) in [5.41, 5.74) is -0.634. The van der Waals surface area contributed by atoms with Gasteiger partial charge in [0.2, 0.25) is 0 Å². The molecule has 0 saturated carbocycles. The number of rotatable bonds is 4. The third-order valence-electron chi connectivity index (χ3n) is 3.78. The Morgan fingerprint density at radius 2 is 1.32 bits per heavy atom. The van der Waals surface area contributed by atoms with Gasteiger partial charge in [0, 0.05) is 0 Å². The lowest BCUT2D eigenvalue weighted by Crippen LogP contribution is -2.04. The molecule has 130 valence electrons. The molecule has 0 aliphatic rings. The van der Waals surface area contributed by atoms with Crippen LogP contribution < -0.4 is 4.74 Å². The van der Waals surface area contributed by atoms with E-state index in [4.69, 9.17) is 4.74 Å². The molecule has 0 fully saturated rings. The topological polar surface area (TPSA) is 9.23 Å². The normalized spacial score (nSPS) is 13.4. The van der Waals surface area contributed by atoms with Gasteiger partial charge in [-0.25, -0.2) is 0 Å². The van der Waals surface area contributed by atoms with Gasteiger partial charge < -0.3 is 4.74 Å². The second-order valence-electron chi connectivity index (χ2n) is 5.42. The highest BCUT2D eigenvalue weighted by Gasteiger charge is 2.30. The molecule has 25 heavy (non-hydrogen) atoms. The molecule has 1 nitrogen and oxygen atoms in total. The van der Waals surface area contributed by atoms with Crippen LogP contribution in [0.15, 0.2) is 93.5 Å². The van der Waals surface area contributed by atoms with Crippen molar-refractivity contribution in [1.29, 1.82) is 0 Å². The number of benzene rings is 3. The van der Waals surface area contributed by atoms with Crippen molar-refractivity contribution in [2.24, 2.45) is 0 Å². The van der Waals surface area contributed by atoms with Crippen LogP contribution >= 0.6 is 10.9 Å². The van der Waals surface area contributed by atoms with Gasteiger partial charge in [0.15, 0.2) is 0 Å². The second-order valence-corrected chi connectivity index (χ2v) is 7.64. The average molecular weight is 362 g/mol. The van der Waals surface area contributed by atoms with E-state index in [2.05, 4.69) is 0 Å². The highest BCUT2D eigenvalue weighted by Crippen LogP contribution is 2.52. The molecule has 0 saturated heterocycles. The molecule has 0 aromatic heterocycles. The Hall–Kier alpha value is -2.40. The molecule has 5 heteroatoms. The minimum atomic E-state index is -4.33. The molecule has 0 amide bonds. The Kier molecular flexibility index (Phi) is 5.04. The average Bonchev–Trinajstić information content (AvgIpc) is 2.63. The van der Waals surface area contributed by atoms with E-state index >= 15 is 0 Å². The molecule has 0 heterocycles. The van der Waals surface area contributed by atoms with Gasteiger partial charge in [-0.3, -0.25) is 0 Å². The summed E-state index contributed by atoms with van der Waals surface area (Å²) in [5, 5.41) is 0. The first-order chi connectivity index (χ1) is 12.0. The zero-order chi connectivity index (χ0) is 17.9. The summed E-state index contributed by atoms with van der Waals surface area (Å²) in [7, 11) is 0.636. The number of thiol groups is 1. The van der Waals surface area contributed by atoms with E-state index in [0.717, 1.165) is 32.6 Å². The van der Waals surface area contributed by atoms with Gasteiger partial charge in [-0.1, -0.05) is 24.3 Å². The van der Waals surface area contributed by atoms with Gasteiger partial charge in [-0.15, -0.1) is 0 Å². The third-order valence-corrected chi connectivity index (χ3v) is 6.20. The van der Waals surface area contributed by atoms with Gasteiger partial charge in [-0.2, -0.15) is 24.1 Å². The van der Waals surface area contributed by atoms with Crippen LogP contribution in [0.1, 0.15) is 5.56 Å². The van der Waals surface area contributed by atoms with E-state index in [-0.39, 0.29) is 0 Å². The fraction of sp³-hybridized carbons (Fsp3) is 0.100. The molecule has 3 rings (SSSR count). The fourth-order valence-corrected chi connectivity index (χ4v) is 4.88. The summed E-state index contributed by atoms with van der Waals surface area (Å²) < 4.78 is 43.9. The van der Waals surface area contributed by atoms with Crippen molar-refractivity contribution in [2.75, 3.05) is 7.11 Å². The smallest absolute Gasteiger partial charge is 0.416 e. The first-order valence-electron chi connectivity index (χ1n) is 7.65. The summed E-state index contributed by atoms with van der Waals surface area (Å²) in [6.07, 6.45) is -4.33. The van der Waals surface area contributed by atoms with Gasteiger partial charge in [0.25, 0.3) is 0 Å². The predicted molar refractivity (Wildman–Crippen MR) is 94.7 cm³/mol. The second kappa shape index (κ2) is 7.23. The summed E-state index contributed by atoms with van der Waals surface area (Å²) in [5.74, 6) is 0.729. The quantitative estimate of drug-likeness (QED) is 0.544. The van der Waals surface area contributed by atoms with Crippen LogP contribution in [0, 0.1) is 0 Å². The highest BCUT2D eigenvalue weighted by molar-refractivity contribution is 8.17. The van der Waals surface area contributed by atoms with E-state index in [1.54, 1.807) is 19.2 Å². The van der Waals surface area contributed by atoms with Crippen LogP contribution in [0.5, 0.6) is 5.75 Å². The number of hydrogen-bond acceptors (Lipinski definition) is 1. The van der Waals surface area contributed by atoms with Crippen molar-refractivity contribution in [3.8, 4) is 5.75 Å². The number of ether oxygens (including phenoxy) is 1. The summed E-state index contributed by atoms with van der Waals surface area (Å²) >= 11 is 0. The van der Waals surface area contributed by atoms with Crippen LogP contribution in [0.25, 0.3) is 0 Å². The van der Waals surface area contributed by atoms with Gasteiger partial charge in [-0.05, 0) is 69.3 Å². The SMILES string of the molecule is COc1cccc([SH](c2ccccc2)c2ccc(C(F)(F)F)cc2)c1. The van der Waals surface area contributed by atoms with E-state index in [0.29, 0.717) is 0 Å². The summed E-state index contributed by atoms with van der Waals surface area (Å²) in [4.78, 5) is 2.97. The maximum atomic E-state index is 12.9. The Labute approximate surface area is 147 Å². The maximum absolute atomic E-state index is 12.9. The minimum absolute atomic E-state index is 0.634. The molecule has 0 spiro atoms. The molecular formula is C20H17F3OS. The molecule has 0 aliphatic heterocycles. The lowest BCUT2D eigenvalue weighted by molar-refractivity contribution is -0.137. The molecular weight excluding hydrogens is 345 g/mol. The highest BCUT2D eigenvalue weighted by atomic mass is 32.2. The van der Waals surface area contributed by atoms with Crippen LogP contribution in [-0.2, 0) is 6.18 Å². The third kappa shape index (κ3) is 3.99. The number of halogens is 3. The van der Waals surface area contributed by atoms with Crippen LogP contribution in [0.2, 0.25) is 0 Å². The Balaban J connectivity index is 2.08. The minimum Gasteiger partial charge on any atom is -0.497 e. The molecule has 1 atom stereocenters. The number of hydrogen-bond donors (Lipinski definition) is 1. The molecule has 0 bridgehead atoms. The van der Waals surface area contributed by atoms with E-state index < -0.39 is 22.6 Å². The zero-order valence-corrected chi connectivity index (χ0v) is 14.4. The van der Waals surface area contributed by atoms with Crippen LogP contribution in [0.4, 0.5) is 13.2 Å². The van der Waals surface area contributed by atoms with Crippen molar-refractivity contribution < 1.29 is 17.9 Å². The van der Waals surface area contributed by atoms with Crippen molar-refractivity contribution in [2.45, 2.75) is 20.9 Å². The van der Waals surface area contributed by atoms with Gasteiger partial charge in [0.1, 0.15) is 5.75 Å². The summed E-state index contributed by atoms with van der Waals surface area (Å²) in [6, 6.07) is 22.9. The van der Waals surface area contributed by atoms with Crippen molar-refractivity contribution in [1.82, 2.24) is 0 Å². The van der Waals surface area contributed by atoms with E-state index in [9.17, 15) is 13.2 Å². The molecule has 0 aliphatic carbocycles. The number of alkyl halides is 3. The monoisotopic (exact) mass is 362 g/mol. The number of methoxy groups -OCH3 is 1. The largest absolute Gasteiger partial charge is 0.497 e. The summed E-state index contributed by atoms with van der Waals surface area (Å²) in [6.45, 7) is 0. The van der Waals surface area contributed by atoms with Crippen molar-refractivity contribution in [3.63, 3.8) is 0 Å². The lowest BCUT2D eigenvalue weighted by Gasteiger charge is -2.24. The van der Waals surface area contributed by atoms with Crippen molar-refractivity contribution >= 4 is 10.9 Å². The molecule has 0 radical (unpaired) electrons. The van der Waals surface area contributed by atoms with Crippen LogP contribution in [0.3, 0.4) is 0 Å². The van der Waals surface area contributed by atoms with E-state index in [1.165, 1.54) is 0 Å². The molecule has 0 N–H and O–H groups in total.